The lowest BCUT2D eigenvalue weighted by molar-refractivity contribution is 0.625. The van der Waals surface area contributed by atoms with Gasteiger partial charge in [0.1, 0.15) is 5.82 Å². The molecular weight excluding hydrogens is 400 g/mol. The summed E-state index contributed by atoms with van der Waals surface area (Å²) in [5.74, 6) is 0.273. The Labute approximate surface area is 120 Å². The van der Waals surface area contributed by atoms with Crippen molar-refractivity contribution in [2.45, 2.75) is 6.54 Å². The molecule has 0 aliphatic rings. The Balaban J connectivity index is 2.07. The minimum atomic E-state index is -0.256. The van der Waals surface area contributed by atoms with Crippen LogP contribution in [0.3, 0.4) is 0 Å². The lowest BCUT2D eigenvalue weighted by Crippen LogP contribution is -2.04. The Kier molecular flexibility index (Phi) is 4.27. The van der Waals surface area contributed by atoms with Gasteiger partial charge in [0.25, 0.3) is 0 Å². The van der Waals surface area contributed by atoms with Gasteiger partial charge in [-0.2, -0.15) is 0 Å². The molecular formula is C11H8BrFIN3. The molecule has 0 bridgehead atoms. The summed E-state index contributed by atoms with van der Waals surface area (Å²) in [5, 5.41) is 3.03. The molecule has 1 aromatic heterocycles. The Morgan fingerprint density at radius 1 is 1.29 bits per heavy atom. The van der Waals surface area contributed by atoms with Gasteiger partial charge in [0.15, 0.2) is 0 Å². The molecule has 17 heavy (non-hydrogen) atoms. The van der Waals surface area contributed by atoms with E-state index in [1.807, 2.05) is 0 Å². The first kappa shape index (κ1) is 12.7. The van der Waals surface area contributed by atoms with Crippen LogP contribution in [-0.4, -0.2) is 9.97 Å². The molecule has 0 amide bonds. The molecule has 0 aliphatic carbocycles. The molecule has 2 aromatic rings. The van der Waals surface area contributed by atoms with Gasteiger partial charge in [-0.3, -0.25) is 0 Å². The molecule has 6 heteroatoms. The number of hydrogen-bond donors (Lipinski definition) is 1. The second-order valence-electron chi connectivity index (χ2n) is 3.31. The summed E-state index contributed by atoms with van der Waals surface area (Å²) in [7, 11) is 0. The Bertz CT molecular complexity index is 519. The smallest absolute Gasteiger partial charge is 0.222 e. The number of rotatable bonds is 3. The number of anilines is 1. The SMILES string of the molecule is Fc1ccc(Br)c(CNc2ncc(I)cn2)c1. The molecule has 3 nitrogen and oxygen atoms in total. The maximum atomic E-state index is 13.0. The number of hydrogen-bond acceptors (Lipinski definition) is 3. The monoisotopic (exact) mass is 407 g/mol. The lowest BCUT2D eigenvalue weighted by Gasteiger charge is -2.06. The van der Waals surface area contributed by atoms with Crippen molar-refractivity contribution in [2.75, 3.05) is 5.32 Å². The zero-order valence-corrected chi connectivity index (χ0v) is 12.4. The number of nitrogens with one attached hydrogen (secondary N) is 1. The highest BCUT2D eigenvalue weighted by Gasteiger charge is 2.02. The van der Waals surface area contributed by atoms with Gasteiger partial charge in [-0.15, -0.1) is 0 Å². The maximum Gasteiger partial charge on any atom is 0.222 e. The van der Waals surface area contributed by atoms with E-state index >= 15 is 0 Å². The maximum absolute atomic E-state index is 13.0. The summed E-state index contributed by atoms with van der Waals surface area (Å²) in [5.41, 5.74) is 0.826. The number of nitrogens with zero attached hydrogens (tertiary/aromatic N) is 2. The van der Waals surface area contributed by atoms with Crippen LogP contribution in [-0.2, 0) is 6.54 Å². The van der Waals surface area contributed by atoms with E-state index in [2.05, 4.69) is 53.8 Å². The van der Waals surface area contributed by atoms with E-state index in [9.17, 15) is 4.39 Å². The van der Waals surface area contributed by atoms with Crippen molar-refractivity contribution in [3.05, 3.63) is 50.0 Å². The first-order valence-electron chi connectivity index (χ1n) is 4.80. The summed E-state index contributed by atoms with van der Waals surface area (Å²) in [6, 6.07) is 4.57. The average molecular weight is 408 g/mol. The van der Waals surface area contributed by atoms with E-state index < -0.39 is 0 Å². The van der Waals surface area contributed by atoms with Crippen LogP contribution < -0.4 is 5.32 Å². The number of aromatic nitrogens is 2. The number of benzene rings is 1. The Hall–Kier alpha value is -0.760. The molecule has 1 aromatic carbocycles. The van der Waals surface area contributed by atoms with Crippen LogP contribution in [0.25, 0.3) is 0 Å². The molecule has 0 unspecified atom stereocenters. The fraction of sp³-hybridized carbons (Fsp3) is 0.0909. The van der Waals surface area contributed by atoms with Crippen LogP contribution in [0.5, 0.6) is 0 Å². The third kappa shape index (κ3) is 3.60. The fourth-order valence-corrected chi connectivity index (χ4v) is 1.92. The van der Waals surface area contributed by atoms with E-state index in [-0.39, 0.29) is 5.82 Å². The Morgan fingerprint density at radius 3 is 2.71 bits per heavy atom. The fourth-order valence-electron chi connectivity index (χ4n) is 1.26. The average Bonchev–Trinajstić information content (AvgIpc) is 2.32. The predicted octanol–water partition coefficient (Wildman–Crippen LogP) is 3.59. The van der Waals surface area contributed by atoms with Crippen molar-refractivity contribution in [3.8, 4) is 0 Å². The highest BCUT2D eigenvalue weighted by atomic mass is 127. The van der Waals surface area contributed by atoms with Crippen molar-refractivity contribution >= 4 is 44.5 Å². The van der Waals surface area contributed by atoms with Gasteiger partial charge in [-0.1, -0.05) is 15.9 Å². The van der Waals surface area contributed by atoms with Crippen LogP contribution >= 0.6 is 38.5 Å². The van der Waals surface area contributed by atoms with Crippen molar-refractivity contribution in [1.82, 2.24) is 9.97 Å². The normalized spacial score (nSPS) is 10.3. The molecule has 0 saturated heterocycles. The van der Waals surface area contributed by atoms with Crippen LogP contribution in [0, 0.1) is 9.39 Å². The third-order valence-corrected chi connectivity index (χ3v) is 3.40. The molecule has 1 heterocycles. The highest BCUT2D eigenvalue weighted by Crippen LogP contribution is 2.18. The molecule has 0 saturated carbocycles. The molecule has 0 atom stereocenters. The van der Waals surface area contributed by atoms with Gasteiger partial charge in [-0.25, -0.2) is 14.4 Å². The summed E-state index contributed by atoms with van der Waals surface area (Å²) in [6.45, 7) is 0.471. The van der Waals surface area contributed by atoms with Gasteiger partial charge < -0.3 is 5.32 Å². The van der Waals surface area contributed by atoms with Crippen molar-refractivity contribution in [1.29, 1.82) is 0 Å². The molecule has 2 rings (SSSR count). The van der Waals surface area contributed by atoms with E-state index in [1.165, 1.54) is 12.1 Å². The quantitative estimate of drug-likeness (QED) is 0.790. The van der Waals surface area contributed by atoms with Gasteiger partial charge >= 0.3 is 0 Å². The zero-order valence-electron chi connectivity index (χ0n) is 8.62. The first-order valence-corrected chi connectivity index (χ1v) is 6.67. The topological polar surface area (TPSA) is 37.8 Å². The van der Waals surface area contributed by atoms with Crippen LogP contribution in [0.1, 0.15) is 5.56 Å². The second kappa shape index (κ2) is 5.72. The van der Waals surface area contributed by atoms with Crippen molar-refractivity contribution in [3.63, 3.8) is 0 Å². The third-order valence-electron chi connectivity index (χ3n) is 2.07. The molecule has 0 radical (unpaired) electrons. The van der Waals surface area contributed by atoms with Crippen LogP contribution in [0.2, 0.25) is 0 Å². The van der Waals surface area contributed by atoms with E-state index in [0.717, 1.165) is 13.6 Å². The van der Waals surface area contributed by atoms with E-state index in [4.69, 9.17) is 0 Å². The van der Waals surface area contributed by atoms with Crippen LogP contribution in [0.4, 0.5) is 10.3 Å². The molecule has 0 aliphatic heterocycles. The van der Waals surface area contributed by atoms with Gasteiger partial charge in [0.2, 0.25) is 5.95 Å². The van der Waals surface area contributed by atoms with E-state index in [0.29, 0.717) is 12.5 Å². The van der Waals surface area contributed by atoms with Gasteiger partial charge in [-0.05, 0) is 46.4 Å². The van der Waals surface area contributed by atoms with Crippen molar-refractivity contribution < 1.29 is 4.39 Å². The molecule has 0 spiro atoms. The zero-order chi connectivity index (χ0) is 12.3. The largest absolute Gasteiger partial charge is 0.350 e. The lowest BCUT2D eigenvalue weighted by atomic mass is 10.2. The van der Waals surface area contributed by atoms with E-state index in [1.54, 1.807) is 18.5 Å². The minimum absolute atomic E-state index is 0.256. The standard InChI is InChI=1S/C11H8BrFIN3/c12-10-2-1-8(13)3-7(10)4-15-11-16-5-9(14)6-17-11/h1-3,5-6H,4H2,(H,15,16,17). The van der Waals surface area contributed by atoms with Crippen LogP contribution in [0.15, 0.2) is 35.1 Å². The molecule has 88 valence electrons. The summed E-state index contributed by atoms with van der Waals surface area (Å²) >= 11 is 5.50. The van der Waals surface area contributed by atoms with Crippen molar-refractivity contribution in [2.24, 2.45) is 0 Å². The summed E-state index contributed by atoms with van der Waals surface area (Å²) in [6.07, 6.45) is 3.44. The highest BCUT2D eigenvalue weighted by molar-refractivity contribution is 14.1. The number of halogens is 3. The Morgan fingerprint density at radius 2 is 2.00 bits per heavy atom. The predicted molar refractivity (Wildman–Crippen MR) is 76.2 cm³/mol. The second-order valence-corrected chi connectivity index (χ2v) is 5.41. The summed E-state index contributed by atoms with van der Waals surface area (Å²) in [4.78, 5) is 8.21. The van der Waals surface area contributed by atoms with Gasteiger partial charge in [0, 0.05) is 27.0 Å². The minimum Gasteiger partial charge on any atom is -0.350 e. The molecule has 0 fully saturated rings. The summed E-state index contributed by atoms with van der Waals surface area (Å²) < 4.78 is 14.9. The first-order chi connectivity index (χ1) is 8.15. The van der Waals surface area contributed by atoms with Gasteiger partial charge in [0.05, 0.1) is 0 Å². The molecule has 1 N–H and O–H groups in total.